The quantitative estimate of drug-likeness (QED) is 0.698. The van der Waals surface area contributed by atoms with Crippen LogP contribution in [0.25, 0.3) is 5.65 Å². The topological polar surface area (TPSA) is 94.8 Å². The van der Waals surface area contributed by atoms with Gasteiger partial charge in [-0.25, -0.2) is 9.50 Å². The Bertz CT molecular complexity index is 1150. The Labute approximate surface area is 174 Å². The number of rotatable bonds is 5. The van der Waals surface area contributed by atoms with Gasteiger partial charge in [0.1, 0.15) is 17.1 Å². The first kappa shape index (κ1) is 19.9. The van der Waals surface area contributed by atoms with Gasteiger partial charge in [0, 0.05) is 24.7 Å². The van der Waals surface area contributed by atoms with Crippen LogP contribution in [-0.2, 0) is 13.0 Å². The van der Waals surface area contributed by atoms with Crippen LogP contribution in [-0.4, -0.2) is 40.5 Å². The lowest BCUT2D eigenvalue weighted by molar-refractivity contribution is 0.0907. The zero-order valence-electron chi connectivity index (χ0n) is 17.5. The maximum atomic E-state index is 12.9. The summed E-state index contributed by atoms with van der Waals surface area (Å²) in [5, 5.41) is 7.26. The van der Waals surface area contributed by atoms with E-state index in [4.69, 9.17) is 9.47 Å². The lowest BCUT2D eigenvalue weighted by Gasteiger charge is -2.29. The zero-order chi connectivity index (χ0) is 21.5. The second-order valence-corrected chi connectivity index (χ2v) is 8.21. The summed E-state index contributed by atoms with van der Waals surface area (Å²) < 4.78 is 12.2. The summed E-state index contributed by atoms with van der Waals surface area (Å²) in [6, 6.07) is 5.41. The van der Waals surface area contributed by atoms with Crippen LogP contribution in [0.3, 0.4) is 0 Å². The van der Waals surface area contributed by atoms with Crippen molar-refractivity contribution in [1.82, 2.24) is 19.9 Å². The summed E-state index contributed by atoms with van der Waals surface area (Å²) in [5.74, 6) is 1.09. The molecule has 8 heteroatoms. The molecule has 0 aliphatic heterocycles. The Morgan fingerprint density at radius 2 is 2.00 bits per heavy atom. The van der Waals surface area contributed by atoms with Crippen LogP contribution in [0.4, 0.5) is 0 Å². The molecule has 4 rings (SSSR count). The molecule has 8 nitrogen and oxygen atoms in total. The van der Waals surface area contributed by atoms with Gasteiger partial charge in [-0.05, 0) is 30.0 Å². The van der Waals surface area contributed by atoms with Crippen molar-refractivity contribution in [3.8, 4) is 11.5 Å². The van der Waals surface area contributed by atoms with E-state index in [1.807, 2.05) is 6.07 Å². The van der Waals surface area contributed by atoms with Crippen molar-refractivity contribution in [2.75, 3.05) is 14.2 Å². The predicted octanol–water partition coefficient (Wildman–Crippen LogP) is 2.83. The van der Waals surface area contributed by atoms with Crippen LogP contribution in [0.1, 0.15) is 52.2 Å². The fraction of sp³-hybridized carbons (Fsp3) is 0.364. The molecule has 0 radical (unpaired) electrons. The van der Waals surface area contributed by atoms with Crippen molar-refractivity contribution in [1.29, 1.82) is 0 Å². The Morgan fingerprint density at radius 3 is 2.73 bits per heavy atom. The highest BCUT2D eigenvalue weighted by Crippen LogP contribution is 2.34. The van der Waals surface area contributed by atoms with Crippen LogP contribution in [0.15, 0.2) is 30.6 Å². The monoisotopic (exact) mass is 408 g/mol. The smallest absolute Gasteiger partial charge is 0.257 e. The van der Waals surface area contributed by atoms with Crippen LogP contribution >= 0.6 is 0 Å². The van der Waals surface area contributed by atoms with Gasteiger partial charge in [-0.15, -0.1) is 0 Å². The summed E-state index contributed by atoms with van der Waals surface area (Å²) in [4.78, 5) is 29.7. The van der Waals surface area contributed by atoms with Gasteiger partial charge in [0.05, 0.1) is 31.7 Å². The highest BCUT2D eigenvalue weighted by Gasteiger charge is 2.33. The maximum Gasteiger partial charge on any atom is 0.257 e. The average Bonchev–Trinajstić information content (AvgIpc) is 3.15. The van der Waals surface area contributed by atoms with E-state index < -0.39 is 0 Å². The third-order valence-corrected chi connectivity index (χ3v) is 5.38. The number of hydrogen-bond acceptors (Lipinski definition) is 6. The van der Waals surface area contributed by atoms with E-state index in [-0.39, 0.29) is 23.7 Å². The van der Waals surface area contributed by atoms with Crippen molar-refractivity contribution >= 4 is 17.3 Å². The maximum absolute atomic E-state index is 12.9. The Hall–Kier alpha value is -3.42. The van der Waals surface area contributed by atoms with Crippen LogP contribution in [0.5, 0.6) is 11.5 Å². The molecule has 3 aromatic rings. The molecular formula is C22H24N4O4. The van der Waals surface area contributed by atoms with Crippen molar-refractivity contribution in [3.05, 3.63) is 53.0 Å². The molecule has 30 heavy (non-hydrogen) atoms. The standard InChI is InChI=1S/C22H24N4O4/c1-22(2)8-17-15(18(27)9-22)11-23-20-16(12-25-26(17)20)21(28)24-10-13-7-14(29-3)5-6-19(13)30-4/h5-7,11-12H,8-10H2,1-4H3,(H,24,28). The molecule has 0 saturated heterocycles. The van der Waals surface area contributed by atoms with Gasteiger partial charge in [-0.2, -0.15) is 5.10 Å². The van der Waals surface area contributed by atoms with Crippen LogP contribution in [0.2, 0.25) is 0 Å². The van der Waals surface area contributed by atoms with Gasteiger partial charge in [-0.3, -0.25) is 9.59 Å². The van der Waals surface area contributed by atoms with Crippen LogP contribution < -0.4 is 14.8 Å². The molecule has 1 aromatic carbocycles. The molecule has 0 spiro atoms. The molecule has 2 aromatic heterocycles. The summed E-state index contributed by atoms with van der Waals surface area (Å²) in [6.45, 7) is 4.37. The molecule has 156 valence electrons. The van der Waals surface area contributed by atoms with Gasteiger partial charge in [-0.1, -0.05) is 13.8 Å². The zero-order valence-corrected chi connectivity index (χ0v) is 17.5. The first-order valence-electron chi connectivity index (χ1n) is 9.71. The number of benzene rings is 1. The minimum absolute atomic E-state index is 0.0577. The number of nitrogens with one attached hydrogen (secondary N) is 1. The largest absolute Gasteiger partial charge is 0.497 e. The van der Waals surface area contributed by atoms with E-state index in [0.717, 1.165) is 11.3 Å². The van der Waals surface area contributed by atoms with Gasteiger partial charge >= 0.3 is 0 Å². The number of ether oxygens (including phenoxy) is 2. The third kappa shape index (κ3) is 3.49. The van der Waals surface area contributed by atoms with Crippen molar-refractivity contribution < 1.29 is 19.1 Å². The van der Waals surface area contributed by atoms with Crippen LogP contribution in [0, 0.1) is 5.41 Å². The Morgan fingerprint density at radius 1 is 1.20 bits per heavy atom. The number of Topliss-reactive ketones (excluding diaryl/α,β-unsaturated/α-hetero) is 1. The molecular weight excluding hydrogens is 384 g/mol. The van der Waals surface area contributed by atoms with E-state index in [1.54, 1.807) is 37.1 Å². The molecule has 1 aliphatic carbocycles. The Balaban J connectivity index is 1.62. The lowest BCUT2D eigenvalue weighted by Crippen LogP contribution is -2.29. The number of ketones is 1. The SMILES string of the molecule is COc1ccc(OC)c(CNC(=O)c2cnn3c4c(cnc23)C(=O)CC(C)(C)C4)c1. The fourth-order valence-electron chi connectivity index (χ4n) is 3.88. The number of aromatic nitrogens is 3. The first-order valence-corrected chi connectivity index (χ1v) is 9.71. The fourth-order valence-corrected chi connectivity index (χ4v) is 3.88. The molecule has 0 fully saturated rings. The molecule has 0 atom stereocenters. The highest BCUT2D eigenvalue weighted by atomic mass is 16.5. The minimum Gasteiger partial charge on any atom is -0.497 e. The molecule has 0 unspecified atom stereocenters. The first-order chi connectivity index (χ1) is 14.3. The average molecular weight is 408 g/mol. The summed E-state index contributed by atoms with van der Waals surface area (Å²) >= 11 is 0. The molecule has 1 N–H and O–H groups in total. The van der Waals surface area contributed by atoms with Gasteiger partial charge in [0.15, 0.2) is 11.4 Å². The van der Waals surface area contributed by atoms with Gasteiger partial charge in [0.25, 0.3) is 5.91 Å². The predicted molar refractivity (Wildman–Crippen MR) is 110 cm³/mol. The van der Waals surface area contributed by atoms with Gasteiger partial charge < -0.3 is 14.8 Å². The van der Waals surface area contributed by atoms with E-state index in [2.05, 4.69) is 29.2 Å². The normalized spacial score (nSPS) is 15.0. The molecule has 1 aliphatic rings. The minimum atomic E-state index is -0.302. The number of fused-ring (bicyclic) bond motifs is 3. The second kappa shape index (κ2) is 7.44. The number of nitrogens with zero attached hydrogens (tertiary/aromatic N) is 3. The Kier molecular flexibility index (Phi) is 4.93. The third-order valence-electron chi connectivity index (χ3n) is 5.38. The molecule has 0 saturated carbocycles. The molecule has 2 heterocycles. The lowest BCUT2D eigenvalue weighted by atomic mass is 9.76. The van der Waals surface area contributed by atoms with E-state index in [1.165, 1.54) is 6.20 Å². The van der Waals surface area contributed by atoms with E-state index >= 15 is 0 Å². The second-order valence-electron chi connectivity index (χ2n) is 8.21. The molecule has 1 amide bonds. The van der Waals surface area contributed by atoms with E-state index in [0.29, 0.717) is 41.1 Å². The highest BCUT2D eigenvalue weighted by molar-refractivity contribution is 6.01. The number of amides is 1. The van der Waals surface area contributed by atoms with Crippen molar-refractivity contribution in [3.63, 3.8) is 0 Å². The summed E-state index contributed by atoms with van der Waals surface area (Å²) in [5.41, 5.74) is 2.81. The summed E-state index contributed by atoms with van der Waals surface area (Å²) in [7, 11) is 3.16. The number of hydrogen-bond donors (Lipinski definition) is 1. The van der Waals surface area contributed by atoms with Gasteiger partial charge in [0.2, 0.25) is 0 Å². The summed E-state index contributed by atoms with van der Waals surface area (Å²) in [6.07, 6.45) is 4.22. The number of methoxy groups -OCH3 is 2. The van der Waals surface area contributed by atoms with Crippen molar-refractivity contribution in [2.24, 2.45) is 5.41 Å². The number of carbonyl (C=O) groups is 2. The van der Waals surface area contributed by atoms with Crippen molar-refractivity contribution in [2.45, 2.75) is 33.2 Å². The van der Waals surface area contributed by atoms with E-state index in [9.17, 15) is 9.59 Å². The molecule has 0 bridgehead atoms. The number of carbonyl (C=O) groups excluding carboxylic acids is 2.